The summed E-state index contributed by atoms with van der Waals surface area (Å²) in [6.45, 7) is 6.81. The van der Waals surface area contributed by atoms with Crippen LogP contribution in [0.1, 0.15) is 27.8 Å². The van der Waals surface area contributed by atoms with E-state index in [-0.39, 0.29) is 0 Å². The van der Waals surface area contributed by atoms with Crippen molar-refractivity contribution >= 4 is 0 Å². The van der Waals surface area contributed by atoms with E-state index in [1.54, 1.807) is 0 Å². The zero-order valence-corrected chi connectivity index (χ0v) is 13.4. The third kappa shape index (κ3) is 1.77. The summed E-state index contributed by atoms with van der Waals surface area (Å²) in [5, 5.41) is 0. The van der Waals surface area contributed by atoms with Gasteiger partial charge in [-0.25, -0.2) is 0 Å². The Morgan fingerprint density at radius 1 is 0.636 bits per heavy atom. The summed E-state index contributed by atoms with van der Waals surface area (Å²) >= 11 is 0. The van der Waals surface area contributed by atoms with Crippen LogP contribution in [0, 0.1) is 20.8 Å². The van der Waals surface area contributed by atoms with Crippen LogP contribution in [0.3, 0.4) is 0 Å². The van der Waals surface area contributed by atoms with Crippen LogP contribution in [0.2, 0.25) is 0 Å². The molecule has 0 bridgehead atoms. The van der Waals surface area contributed by atoms with Crippen LogP contribution in [0.5, 0.6) is 0 Å². The Balaban J connectivity index is 2.13. The SMILES string of the molecule is Cc1c(C)c2c(c(-c3ccccc3)c1C)-c1ccccc1C2. The zero-order chi connectivity index (χ0) is 15.3. The molecule has 0 heteroatoms. The lowest BCUT2D eigenvalue weighted by Gasteiger charge is -2.19. The standard InChI is InChI=1S/C22H20/c1-14-15(2)20-13-18-11-7-8-12-19(18)22(20)21(16(14)3)17-9-5-4-6-10-17/h4-12H,13H2,1-3H3. The van der Waals surface area contributed by atoms with Gasteiger partial charge in [-0.3, -0.25) is 0 Å². The fourth-order valence-electron chi connectivity index (χ4n) is 3.81. The van der Waals surface area contributed by atoms with Gasteiger partial charge in [0.25, 0.3) is 0 Å². The molecule has 4 rings (SSSR count). The van der Waals surface area contributed by atoms with Gasteiger partial charge in [0.1, 0.15) is 0 Å². The first-order valence-corrected chi connectivity index (χ1v) is 7.95. The van der Waals surface area contributed by atoms with Gasteiger partial charge in [0, 0.05) is 0 Å². The number of benzene rings is 3. The quantitative estimate of drug-likeness (QED) is 0.411. The molecule has 3 aromatic carbocycles. The molecule has 0 radical (unpaired) electrons. The van der Waals surface area contributed by atoms with Crippen molar-refractivity contribution in [1.29, 1.82) is 0 Å². The van der Waals surface area contributed by atoms with Crippen LogP contribution in [0.15, 0.2) is 54.6 Å². The molecule has 0 aromatic heterocycles. The van der Waals surface area contributed by atoms with Crippen molar-refractivity contribution < 1.29 is 0 Å². The summed E-state index contributed by atoms with van der Waals surface area (Å²) in [4.78, 5) is 0. The van der Waals surface area contributed by atoms with Crippen molar-refractivity contribution in [3.05, 3.63) is 82.4 Å². The highest BCUT2D eigenvalue weighted by molar-refractivity contribution is 5.93. The summed E-state index contributed by atoms with van der Waals surface area (Å²) in [6, 6.07) is 19.7. The predicted octanol–water partition coefficient (Wildman–Crippen LogP) is 5.85. The first-order chi connectivity index (χ1) is 10.7. The Morgan fingerprint density at radius 2 is 1.32 bits per heavy atom. The van der Waals surface area contributed by atoms with Gasteiger partial charge in [0.05, 0.1) is 0 Å². The van der Waals surface area contributed by atoms with Crippen LogP contribution in [-0.2, 0) is 6.42 Å². The van der Waals surface area contributed by atoms with Crippen molar-refractivity contribution in [2.75, 3.05) is 0 Å². The summed E-state index contributed by atoms with van der Waals surface area (Å²) in [5.74, 6) is 0. The molecule has 0 aliphatic heterocycles. The molecule has 1 aliphatic carbocycles. The number of hydrogen-bond donors (Lipinski definition) is 0. The van der Waals surface area contributed by atoms with E-state index in [4.69, 9.17) is 0 Å². The Labute approximate surface area is 132 Å². The molecule has 0 fully saturated rings. The van der Waals surface area contributed by atoms with Crippen molar-refractivity contribution in [2.24, 2.45) is 0 Å². The maximum absolute atomic E-state index is 2.28. The largest absolute Gasteiger partial charge is 0.0622 e. The van der Waals surface area contributed by atoms with Crippen molar-refractivity contribution in [1.82, 2.24) is 0 Å². The maximum atomic E-state index is 2.28. The van der Waals surface area contributed by atoms with Gasteiger partial charge in [-0.1, -0.05) is 54.6 Å². The Morgan fingerprint density at radius 3 is 2.09 bits per heavy atom. The molecule has 0 heterocycles. The second kappa shape index (κ2) is 4.84. The highest BCUT2D eigenvalue weighted by Crippen LogP contribution is 2.47. The van der Waals surface area contributed by atoms with E-state index in [0.717, 1.165) is 6.42 Å². The lowest BCUT2D eigenvalue weighted by atomic mass is 9.85. The molecule has 0 unspecified atom stereocenters. The van der Waals surface area contributed by atoms with Crippen LogP contribution in [0.4, 0.5) is 0 Å². The second-order valence-electron chi connectivity index (χ2n) is 6.30. The van der Waals surface area contributed by atoms with E-state index in [9.17, 15) is 0 Å². The third-order valence-corrected chi connectivity index (χ3v) is 5.22. The molecule has 0 nitrogen and oxygen atoms in total. The maximum Gasteiger partial charge on any atom is -0.00105 e. The minimum absolute atomic E-state index is 1.07. The normalized spacial score (nSPS) is 12.1. The molecule has 22 heavy (non-hydrogen) atoms. The van der Waals surface area contributed by atoms with E-state index < -0.39 is 0 Å². The average molecular weight is 284 g/mol. The van der Waals surface area contributed by atoms with Crippen LogP contribution in [-0.4, -0.2) is 0 Å². The Kier molecular flexibility index (Phi) is 2.94. The molecule has 1 aliphatic rings. The van der Waals surface area contributed by atoms with Gasteiger partial charge in [-0.15, -0.1) is 0 Å². The number of hydrogen-bond acceptors (Lipinski definition) is 0. The smallest absolute Gasteiger partial charge is 0.00105 e. The lowest BCUT2D eigenvalue weighted by Crippen LogP contribution is -1.98. The second-order valence-corrected chi connectivity index (χ2v) is 6.30. The van der Waals surface area contributed by atoms with Gasteiger partial charge >= 0.3 is 0 Å². The molecule has 0 amide bonds. The molecular formula is C22H20. The van der Waals surface area contributed by atoms with E-state index in [0.29, 0.717) is 0 Å². The fourth-order valence-corrected chi connectivity index (χ4v) is 3.81. The van der Waals surface area contributed by atoms with Crippen molar-refractivity contribution in [3.63, 3.8) is 0 Å². The van der Waals surface area contributed by atoms with Gasteiger partial charge in [-0.2, -0.15) is 0 Å². The third-order valence-electron chi connectivity index (χ3n) is 5.22. The van der Waals surface area contributed by atoms with E-state index in [2.05, 4.69) is 75.4 Å². The van der Waals surface area contributed by atoms with Crippen molar-refractivity contribution in [2.45, 2.75) is 27.2 Å². The minimum Gasteiger partial charge on any atom is -0.0622 e. The summed E-state index contributed by atoms with van der Waals surface area (Å²) < 4.78 is 0. The van der Waals surface area contributed by atoms with Crippen LogP contribution >= 0.6 is 0 Å². The molecule has 0 spiro atoms. The number of fused-ring (bicyclic) bond motifs is 3. The molecule has 108 valence electrons. The lowest BCUT2D eigenvalue weighted by molar-refractivity contribution is 1.17. The predicted molar refractivity (Wildman–Crippen MR) is 94.3 cm³/mol. The fraction of sp³-hybridized carbons (Fsp3) is 0.182. The summed E-state index contributed by atoms with van der Waals surface area (Å²) in [7, 11) is 0. The summed E-state index contributed by atoms with van der Waals surface area (Å²) in [5.41, 5.74) is 12.9. The molecule has 0 N–H and O–H groups in total. The van der Waals surface area contributed by atoms with Gasteiger partial charge in [-0.05, 0) is 77.3 Å². The molecule has 0 atom stereocenters. The van der Waals surface area contributed by atoms with E-state index in [1.165, 1.54) is 50.1 Å². The molecule has 0 saturated heterocycles. The topological polar surface area (TPSA) is 0 Å². The highest BCUT2D eigenvalue weighted by atomic mass is 14.3. The van der Waals surface area contributed by atoms with Gasteiger partial charge < -0.3 is 0 Å². The monoisotopic (exact) mass is 284 g/mol. The Hall–Kier alpha value is -2.34. The van der Waals surface area contributed by atoms with Gasteiger partial charge in [0.2, 0.25) is 0 Å². The molecule has 0 saturated carbocycles. The van der Waals surface area contributed by atoms with Gasteiger partial charge in [0.15, 0.2) is 0 Å². The first-order valence-electron chi connectivity index (χ1n) is 7.95. The van der Waals surface area contributed by atoms with Crippen LogP contribution < -0.4 is 0 Å². The van der Waals surface area contributed by atoms with E-state index in [1.807, 2.05) is 0 Å². The van der Waals surface area contributed by atoms with Crippen molar-refractivity contribution in [3.8, 4) is 22.3 Å². The molecular weight excluding hydrogens is 264 g/mol. The highest BCUT2D eigenvalue weighted by Gasteiger charge is 2.26. The minimum atomic E-state index is 1.07. The summed E-state index contributed by atoms with van der Waals surface area (Å²) in [6.07, 6.45) is 1.07. The molecule has 3 aromatic rings. The average Bonchev–Trinajstić information content (AvgIpc) is 2.94. The zero-order valence-electron chi connectivity index (χ0n) is 13.4. The number of rotatable bonds is 1. The van der Waals surface area contributed by atoms with Crippen LogP contribution in [0.25, 0.3) is 22.3 Å². The first kappa shape index (κ1) is 13.3. The Bertz CT molecular complexity index is 870. The van der Waals surface area contributed by atoms with E-state index >= 15 is 0 Å².